The second-order valence-corrected chi connectivity index (χ2v) is 6.83. The van der Waals surface area contributed by atoms with Crippen LogP contribution in [0.15, 0.2) is 40.9 Å². The lowest BCUT2D eigenvalue weighted by Crippen LogP contribution is -2.24. The zero-order valence-electron chi connectivity index (χ0n) is 14.2. The number of aryl methyl sites for hydroxylation is 1. The van der Waals surface area contributed by atoms with Gasteiger partial charge in [-0.3, -0.25) is 4.79 Å². The number of benzene rings is 2. The third kappa shape index (κ3) is 3.30. The van der Waals surface area contributed by atoms with E-state index < -0.39 is 5.82 Å². The normalized spacial score (nSPS) is 17.0. The Morgan fingerprint density at radius 1 is 1.19 bits per heavy atom. The summed E-state index contributed by atoms with van der Waals surface area (Å²) in [5.41, 5.74) is 1.52. The molecule has 4 rings (SSSR count). The van der Waals surface area contributed by atoms with Crippen molar-refractivity contribution >= 4 is 23.2 Å². The van der Waals surface area contributed by atoms with E-state index in [0.29, 0.717) is 29.2 Å². The van der Waals surface area contributed by atoms with Gasteiger partial charge < -0.3 is 9.42 Å². The van der Waals surface area contributed by atoms with Crippen LogP contribution < -0.4 is 4.90 Å². The maximum Gasteiger partial charge on any atom is 0.232 e. The van der Waals surface area contributed by atoms with Crippen LogP contribution in [0.4, 0.5) is 14.5 Å². The highest BCUT2D eigenvalue weighted by molar-refractivity contribution is 6.31. The smallest absolute Gasteiger partial charge is 0.232 e. The lowest BCUT2D eigenvalue weighted by molar-refractivity contribution is -0.117. The number of nitrogens with zero attached hydrogens (tertiary/aromatic N) is 3. The molecular weight excluding hydrogens is 376 g/mol. The molecule has 1 aliphatic heterocycles. The monoisotopic (exact) mass is 389 g/mol. The molecule has 1 aliphatic rings. The molecule has 3 aromatic rings. The van der Waals surface area contributed by atoms with E-state index in [4.69, 9.17) is 16.1 Å². The van der Waals surface area contributed by atoms with Crippen molar-refractivity contribution in [3.05, 3.63) is 64.5 Å². The molecule has 0 radical (unpaired) electrons. The molecule has 138 valence electrons. The third-order valence-electron chi connectivity index (χ3n) is 4.56. The Bertz CT molecular complexity index is 1040. The number of aromatic nitrogens is 2. The van der Waals surface area contributed by atoms with Gasteiger partial charge in [-0.1, -0.05) is 22.8 Å². The van der Waals surface area contributed by atoms with E-state index in [1.165, 1.54) is 29.2 Å². The average Bonchev–Trinajstić information content (AvgIpc) is 3.27. The first-order valence-electron chi connectivity index (χ1n) is 8.28. The van der Waals surface area contributed by atoms with E-state index >= 15 is 0 Å². The first kappa shape index (κ1) is 17.6. The Kier molecular flexibility index (Phi) is 4.39. The van der Waals surface area contributed by atoms with Gasteiger partial charge in [0.05, 0.1) is 10.9 Å². The number of hydrogen-bond donors (Lipinski definition) is 0. The van der Waals surface area contributed by atoms with Crippen molar-refractivity contribution in [3.8, 4) is 11.4 Å². The Morgan fingerprint density at radius 3 is 2.74 bits per heavy atom. The Hall–Kier alpha value is -2.80. The molecule has 0 spiro atoms. The molecule has 1 unspecified atom stereocenters. The van der Waals surface area contributed by atoms with Gasteiger partial charge in [-0.2, -0.15) is 4.98 Å². The summed E-state index contributed by atoms with van der Waals surface area (Å²) < 4.78 is 32.4. The molecule has 8 heteroatoms. The van der Waals surface area contributed by atoms with E-state index in [1.807, 2.05) is 0 Å². The second-order valence-electron chi connectivity index (χ2n) is 6.42. The van der Waals surface area contributed by atoms with Gasteiger partial charge in [0.2, 0.25) is 17.6 Å². The van der Waals surface area contributed by atoms with Crippen LogP contribution in [0.1, 0.15) is 23.8 Å². The summed E-state index contributed by atoms with van der Waals surface area (Å²) in [4.78, 5) is 18.2. The van der Waals surface area contributed by atoms with Gasteiger partial charge in [0.15, 0.2) is 0 Å². The van der Waals surface area contributed by atoms with Crippen LogP contribution in [0.5, 0.6) is 0 Å². The molecule has 2 heterocycles. The van der Waals surface area contributed by atoms with Gasteiger partial charge in [-0.25, -0.2) is 8.78 Å². The van der Waals surface area contributed by atoms with Crippen molar-refractivity contribution < 1.29 is 18.1 Å². The molecule has 0 N–H and O–H groups in total. The van der Waals surface area contributed by atoms with Gasteiger partial charge in [0.25, 0.3) is 0 Å². The van der Waals surface area contributed by atoms with Crippen LogP contribution in [-0.4, -0.2) is 22.6 Å². The van der Waals surface area contributed by atoms with Crippen molar-refractivity contribution in [2.45, 2.75) is 19.3 Å². The van der Waals surface area contributed by atoms with Crippen molar-refractivity contribution in [3.63, 3.8) is 0 Å². The minimum absolute atomic E-state index is 0.0394. The molecule has 0 aliphatic carbocycles. The summed E-state index contributed by atoms with van der Waals surface area (Å²) >= 11 is 5.78. The lowest BCUT2D eigenvalue weighted by Gasteiger charge is -2.16. The summed E-state index contributed by atoms with van der Waals surface area (Å²) in [6, 6.07) is 8.81. The number of halogens is 3. The van der Waals surface area contributed by atoms with Crippen LogP contribution in [0.25, 0.3) is 11.4 Å². The zero-order chi connectivity index (χ0) is 19.1. The average molecular weight is 390 g/mol. The molecule has 0 bridgehead atoms. The van der Waals surface area contributed by atoms with Crippen molar-refractivity contribution in [2.75, 3.05) is 11.4 Å². The molecule has 1 amide bonds. The standard InChI is InChI=1S/C19H14ClF2N3O2/c1-10-2-4-13(8-16(10)22)25-9-12(7-17(25)26)19-23-18(24-27-19)11-3-5-15(21)14(20)6-11/h2-6,8,12H,7,9H2,1H3. The summed E-state index contributed by atoms with van der Waals surface area (Å²) in [7, 11) is 0. The fraction of sp³-hybridized carbons (Fsp3) is 0.211. The Morgan fingerprint density at radius 2 is 2.00 bits per heavy atom. The predicted octanol–water partition coefficient (Wildman–Crippen LogP) is 4.50. The van der Waals surface area contributed by atoms with Gasteiger partial charge in [-0.05, 0) is 42.8 Å². The highest BCUT2D eigenvalue weighted by atomic mass is 35.5. The molecule has 1 saturated heterocycles. The van der Waals surface area contributed by atoms with E-state index in [0.717, 1.165) is 0 Å². The van der Waals surface area contributed by atoms with Crippen molar-refractivity contribution in [1.29, 1.82) is 0 Å². The lowest BCUT2D eigenvalue weighted by atomic mass is 10.1. The fourth-order valence-corrected chi connectivity index (χ4v) is 3.21. The first-order chi connectivity index (χ1) is 12.9. The van der Waals surface area contributed by atoms with Gasteiger partial charge in [0, 0.05) is 24.2 Å². The van der Waals surface area contributed by atoms with E-state index in [1.54, 1.807) is 19.1 Å². The number of anilines is 1. The van der Waals surface area contributed by atoms with Gasteiger partial charge in [0.1, 0.15) is 11.6 Å². The highest BCUT2D eigenvalue weighted by Gasteiger charge is 2.35. The minimum Gasteiger partial charge on any atom is -0.339 e. The van der Waals surface area contributed by atoms with Gasteiger partial charge in [-0.15, -0.1) is 0 Å². The SMILES string of the molecule is Cc1ccc(N2CC(c3nc(-c4ccc(F)c(Cl)c4)no3)CC2=O)cc1F. The first-order valence-corrected chi connectivity index (χ1v) is 8.65. The number of rotatable bonds is 3. The molecule has 1 aromatic heterocycles. The molecular formula is C19H14ClF2N3O2. The van der Waals surface area contributed by atoms with E-state index in [9.17, 15) is 13.6 Å². The summed E-state index contributed by atoms with van der Waals surface area (Å²) in [5.74, 6) is -0.788. The van der Waals surface area contributed by atoms with Crippen molar-refractivity contribution in [2.24, 2.45) is 0 Å². The van der Waals surface area contributed by atoms with Crippen LogP contribution in [0.2, 0.25) is 5.02 Å². The van der Waals surface area contributed by atoms with E-state index in [-0.39, 0.29) is 34.9 Å². The molecule has 2 aromatic carbocycles. The van der Waals surface area contributed by atoms with Crippen LogP contribution >= 0.6 is 11.6 Å². The third-order valence-corrected chi connectivity index (χ3v) is 4.85. The summed E-state index contributed by atoms with van der Waals surface area (Å²) in [5, 5.41) is 3.85. The van der Waals surface area contributed by atoms with Crippen molar-refractivity contribution in [1.82, 2.24) is 10.1 Å². The quantitative estimate of drug-likeness (QED) is 0.662. The number of amides is 1. The summed E-state index contributed by atoms with van der Waals surface area (Å²) in [6.45, 7) is 1.97. The zero-order valence-corrected chi connectivity index (χ0v) is 15.0. The minimum atomic E-state index is -0.536. The molecule has 5 nitrogen and oxygen atoms in total. The van der Waals surface area contributed by atoms with Crippen LogP contribution in [0, 0.1) is 18.6 Å². The van der Waals surface area contributed by atoms with Crippen LogP contribution in [0.3, 0.4) is 0 Å². The largest absolute Gasteiger partial charge is 0.339 e. The second kappa shape index (κ2) is 6.74. The van der Waals surface area contributed by atoms with Crippen LogP contribution in [-0.2, 0) is 4.79 Å². The molecule has 1 fully saturated rings. The Labute approximate surface area is 158 Å². The maximum atomic E-state index is 13.8. The topological polar surface area (TPSA) is 59.2 Å². The fourth-order valence-electron chi connectivity index (χ4n) is 3.03. The number of carbonyl (C=O) groups excluding carboxylic acids is 1. The number of carbonyl (C=O) groups is 1. The molecule has 27 heavy (non-hydrogen) atoms. The molecule has 1 atom stereocenters. The predicted molar refractivity (Wildman–Crippen MR) is 95.6 cm³/mol. The highest BCUT2D eigenvalue weighted by Crippen LogP contribution is 2.33. The summed E-state index contributed by atoms with van der Waals surface area (Å²) in [6.07, 6.45) is 0.182. The van der Waals surface area contributed by atoms with Gasteiger partial charge >= 0.3 is 0 Å². The maximum absolute atomic E-state index is 13.8. The molecule has 0 saturated carbocycles. The Balaban J connectivity index is 1.56. The number of hydrogen-bond acceptors (Lipinski definition) is 4. The van der Waals surface area contributed by atoms with E-state index in [2.05, 4.69) is 10.1 Å².